The first-order valence-electron chi connectivity index (χ1n) is 8.00. The molecule has 0 radical (unpaired) electrons. The number of hydrogen-bond acceptors (Lipinski definition) is 6. The average Bonchev–Trinajstić information content (AvgIpc) is 3.09. The van der Waals surface area contributed by atoms with E-state index < -0.39 is 24.5 Å². The molecule has 2 heterocycles. The normalized spacial score (nSPS) is 24.8. The molecule has 0 spiro atoms. The van der Waals surface area contributed by atoms with Crippen molar-refractivity contribution in [3.05, 3.63) is 24.3 Å². The molecule has 134 valence electrons. The molecular formula is C17H20N2O5S. The number of carbonyl (C=O) groups excluding carboxylic acids is 3. The van der Waals surface area contributed by atoms with E-state index in [1.165, 1.54) is 7.11 Å². The van der Waals surface area contributed by atoms with Crippen molar-refractivity contribution >= 4 is 35.2 Å². The third-order valence-corrected chi connectivity index (χ3v) is 5.95. The Labute approximate surface area is 150 Å². The number of fused-ring (bicyclic) bond motifs is 1. The van der Waals surface area contributed by atoms with Crippen molar-refractivity contribution < 1.29 is 23.9 Å². The standard InChI is InChI=1S/C17H20N2O5S/c1-17-8-7-15(21)19(17)12(10-25-17)16(22)24-9-14(20)18-11-5-3-4-6-13(11)23-2/h3-6,12H,7-10H2,1-2H3,(H,18,20)/t12-,17-/m1/s1. The van der Waals surface area contributed by atoms with Gasteiger partial charge in [0, 0.05) is 12.2 Å². The molecule has 0 unspecified atom stereocenters. The largest absolute Gasteiger partial charge is 0.495 e. The van der Waals surface area contributed by atoms with Crippen LogP contribution in [-0.2, 0) is 19.1 Å². The second kappa shape index (κ2) is 6.95. The first kappa shape index (κ1) is 17.6. The summed E-state index contributed by atoms with van der Waals surface area (Å²) in [6.07, 6.45) is 1.18. The number of rotatable bonds is 5. The van der Waals surface area contributed by atoms with Crippen molar-refractivity contribution in [2.24, 2.45) is 0 Å². The number of para-hydroxylation sites is 2. The van der Waals surface area contributed by atoms with Gasteiger partial charge in [-0.05, 0) is 25.5 Å². The molecule has 0 bridgehead atoms. The molecule has 2 amide bonds. The van der Waals surface area contributed by atoms with Crippen LogP contribution in [0.2, 0.25) is 0 Å². The van der Waals surface area contributed by atoms with Crippen molar-refractivity contribution in [1.29, 1.82) is 0 Å². The van der Waals surface area contributed by atoms with Crippen LogP contribution in [0.3, 0.4) is 0 Å². The first-order valence-corrected chi connectivity index (χ1v) is 8.99. The summed E-state index contributed by atoms with van der Waals surface area (Å²) in [7, 11) is 1.51. The number of methoxy groups -OCH3 is 1. The Morgan fingerprint density at radius 1 is 1.40 bits per heavy atom. The summed E-state index contributed by atoms with van der Waals surface area (Å²) in [5, 5.41) is 2.64. The van der Waals surface area contributed by atoms with Gasteiger partial charge >= 0.3 is 5.97 Å². The second-order valence-corrected chi connectivity index (χ2v) is 7.62. The minimum atomic E-state index is -0.621. The molecular weight excluding hydrogens is 344 g/mol. The van der Waals surface area contributed by atoms with Crippen molar-refractivity contribution in [3.8, 4) is 5.75 Å². The number of thioether (sulfide) groups is 1. The highest BCUT2D eigenvalue weighted by molar-refractivity contribution is 8.01. The van der Waals surface area contributed by atoms with Crippen LogP contribution >= 0.6 is 11.8 Å². The molecule has 25 heavy (non-hydrogen) atoms. The van der Waals surface area contributed by atoms with Gasteiger partial charge in [-0.1, -0.05) is 12.1 Å². The Morgan fingerprint density at radius 2 is 2.16 bits per heavy atom. The van der Waals surface area contributed by atoms with Gasteiger partial charge in [0.2, 0.25) is 5.91 Å². The van der Waals surface area contributed by atoms with Crippen LogP contribution in [0.5, 0.6) is 5.75 Å². The minimum absolute atomic E-state index is 0.0343. The summed E-state index contributed by atoms with van der Waals surface area (Å²) in [6.45, 7) is 1.56. The maximum absolute atomic E-state index is 12.3. The molecule has 8 heteroatoms. The van der Waals surface area contributed by atoms with Crippen LogP contribution in [0, 0.1) is 0 Å². The van der Waals surface area contributed by atoms with Gasteiger partial charge in [0.15, 0.2) is 6.61 Å². The summed E-state index contributed by atoms with van der Waals surface area (Å²) in [4.78, 5) is 37.7. The molecule has 7 nitrogen and oxygen atoms in total. The van der Waals surface area contributed by atoms with Gasteiger partial charge in [0.05, 0.1) is 17.7 Å². The molecule has 2 aliphatic rings. The lowest BCUT2D eigenvalue weighted by Gasteiger charge is -2.29. The molecule has 1 aromatic carbocycles. The van der Waals surface area contributed by atoms with E-state index in [2.05, 4.69) is 5.32 Å². The maximum Gasteiger partial charge on any atom is 0.330 e. The number of ether oxygens (including phenoxy) is 2. The monoisotopic (exact) mass is 364 g/mol. The topological polar surface area (TPSA) is 84.9 Å². The molecule has 3 rings (SSSR count). The number of nitrogens with zero attached hydrogens (tertiary/aromatic N) is 1. The zero-order chi connectivity index (χ0) is 18.0. The van der Waals surface area contributed by atoms with Gasteiger partial charge in [-0.3, -0.25) is 9.59 Å². The van der Waals surface area contributed by atoms with Crippen LogP contribution in [-0.4, -0.2) is 53.1 Å². The Hall–Kier alpha value is -2.22. The van der Waals surface area contributed by atoms with Crippen LogP contribution < -0.4 is 10.1 Å². The van der Waals surface area contributed by atoms with E-state index in [1.807, 2.05) is 6.92 Å². The van der Waals surface area contributed by atoms with Crippen LogP contribution in [0.25, 0.3) is 0 Å². The van der Waals surface area contributed by atoms with Crippen molar-refractivity contribution in [3.63, 3.8) is 0 Å². The smallest absolute Gasteiger partial charge is 0.330 e. The summed E-state index contributed by atoms with van der Waals surface area (Å²) < 4.78 is 10.3. The third-order valence-electron chi connectivity index (χ3n) is 4.44. The fourth-order valence-corrected chi connectivity index (χ4v) is 4.58. The number of carbonyl (C=O) groups is 3. The summed E-state index contributed by atoms with van der Waals surface area (Å²) in [6, 6.07) is 6.34. The van der Waals surface area contributed by atoms with E-state index in [9.17, 15) is 14.4 Å². The van der Waals surface area contributed by atoms with Crippen molar-refractivity contribution in [2.75, 3.05) is 24.8 Å². The molecule has 1 aromatic rings. The fourth-order valence-electron chi connectivity index (χ4n) is 3.16. The van der Waals surface area contributed by atoms with Gasteiger partial charge in [-0.15, -0.1) is 11.8 Å². The molecule has 2 atom stereocenters. The molecule has 1 N–H and O–H groups in total. The van der Waals surface area contributed by atoms with E-state index in [1.54, 1.807) is 40.9 Å². The van der Waals surface area contributed by atoms with Gasteiger partial charge in [-0.2, -0.15) is 0 Å². The van der Waals surface area contributed by atoms with Gasteiger partial charge < -0.3 is 19.7 Å². The summed E-state index contributed by atoms with van der Waals surface area (Å²) >= 11 is 1.58. The molecule has 0 aromatic heterocycles. The Bertz CT molecular complexity index is 710. The zero-order valence-corrected chi connectivity index (χ0v) is 14.9. The van der Waals surface area contributed by atoms with E-state index >= 15 is 0 Å². The van der Waals surface area contributed by atoms with Crippen LogP contribution in [0.1, 0.15) is 19.8 Å². The number of amides is 2. The van der Waals surface area contributed by atoms with Gasteiger partial charge in [0.1, 0.15) is 11.8 Å². The van der Waals surface area contributed by atoms with Crippen molar-refractivity contribution in [2.45, 2.75) is 30.7 Å². The maximum atomic E-state index is 12.3. The molecule has 0 aliphatic carbocycles. The third kappa shape index (κ3) is 3.44. The predicted molar refractivity (Wildman–Crippen MR) is 93.3 cm³/mol. The second-order valence-electron chi connectivity index (χ2n) is 6.12. The number of hydrogen-bond donors (Lipinski definition) is 1. The van der Waals surface area contributed by atoms with Crippen molar-refractivity contribution in [1.82, 2.24) is 4.90 Å². The first-order chi connectivity index (χ1) is 11.9. The fraction of sp³-hybridized carbons (Fsp3) is 0.471. The zero-order valence-electron chi connectivity index (χ0n) is 14.1. The lowest BCUT2D eigenvalue weighted by Crippen LogP contribution is -2.47. The number of esters is 1. The Balaban J connectivity index is 1.56. The highest BCUT2D eigenvalue weighted by Crippen LogP contribution is 2.47. The number of anilines is 1. The van der Waals surface area contributed by atoms with E-state index in [0.717, 1.165) is 6.42 Å². The molecule has 2 aliphatic heterocycles. The lowest BCUT2D eigenvalue weighted by molar-refractivity contribution is -0.155. The van der Waals surface area contributed by atoms with E-state index in [0.29, 0.717) is 23.6 Å². The number of nitrogens with one attached hydrogen (secondary N) is 1. The minimum Gasteiger partial charge on any atom is -0.495 e. The predicted octanol–water partition coefficient (Wildman–Crippen LogP) is 1.63. The molecule has 0 saturated carbocycles. The Kier molecular flexibility index (Phi) is 4.89. The van der Waals surface area contributed by atoms with E-state index in [-0.39, 0.29) is 10.8 Å². The van der Waals surface area contributed by atoms with Gasteiger partial charge in [0.25, 0.3) is 5.91 Å². The summed E-state index contributed by atoms with van der Waals surface area (Å²) in [5.74, 6) is -0.0174. The van der Waals surface area contributed by atoms with Gasteiger partial charge in [-0.25, -0.2) is 4.79 Å². The average molecular weight is 364 g/mol. The quantitative estimate of drug-likeness (QED) is 0.800. The molecule has 2 fully saturated rings. The van der Waals surface area contributed by atoms with E-state index in [4.69, 9.17) is 9.47 Å². The van der Waals surface area contributed by atoms with Crippen LogP contribution in [0.4, 0.5) is 5.69 Å². The lowest BCUT2D eigenvalue weighted by atomic mass is 10.2. The highest BCUT2D eigenvalue weighted by atomic mass is 32.2. The SMILES string of the molecule is COc1ccccc1NC(=O)COC(=O)[C@H]1CS[C@]2(C)CCC(=O)N12. The number of benzene rings is 1. The Morgan fingerprint density at radius 3 is 2.92 bits per heavy atom. The highest BCUT2D eigenvalue weighted by Gasteiger charge is 2.53. The van der Waals surface area contributed by atoms with Crippen LogP contribution in [0.15, 0.2) is 24.3 Å². The molecule has 2 saturated heterocycles. The summed E-state index contributed by atoms with van der Waals surface area (Å²) in [5.41, 5.74) is 0.504.